The van der Waals surface area contributed by atoms with Crippen LogP contribution in [0.5, 0.6) is 0 Å². The van der Waals surface area contributed by atoms with Crippen LogP contribution < -0.4 is 5.73 Å². The molecule has 0 saturated heterocycles. The number of primary amides is 1. The van der Waals surface area contributed by atoms with Crippen molar-refractivity contribution in [2.24, 2.45) is 5.73 Å². The van der Waals surface area contributed by atoms with E-state index in [0.717, 1.165) is 16.7 Å². The van der Waals surface area contributed by atoms with E-state index in [2.05, 4.69) is 11.8 Å². The zero-order valence-electron chi connectivity index (χ0n) is 10.1. The molecule has 2 nitrogen and oxygen atoms in total. The molecule has 0 spiro atoms. The summed E-state index contributed by atoms with van der Waals surface area (Å²) in [5, 5.41) is 0. The summed E-state index contributed by atoms with van der Waals surface area (Å²) in [5.74, 6) is 5.71. The number of amides is 1. The molecule has 2 heteroatoms. The van der Waals surface area contributed by atoms with E-state index in [9.17, 15) is 4.79 Å². The molecular formula is C16H13NO. The van der Waals surface area contributed by atoms with Gasteiger partial charge in [0.2, 0.25) is 5.91 Å². The number of benzene rings is 2. The Labute approximate surface area is 106 Å². The lowest BCUT2D eigenvalue weighted by Gasteiger charge is -2.03. The van der Waals surface area contributed by atoms with E-state index >= 15 is 0 Å². The zero-order chi connectivity index (χ0) is 13.0. The van der Waals surface area contributed by atoms with Crippen LogP contribution in [0.2, 0.25) is 0 Å². The summed E-state index contributed by atoms with van der Waals surface area (Å²) in [7, 11) is 0. The van der Waals surface area contributed by atoms with Crippen LogP contribution in [-0.2, 0) is 0 Å². The lowest BCUT2D eigenvalue weighted by molar-refractivity contribution is 0.0999. The van der Waals surface area contributed by atoms with Crippen LogP contribution in [0, 0.1) is 18.8 Å². The molecule has 0 aliphatic carbocycles. The number of carbonyl (C=O) groups excluding carboxylic acids is 1. The van der Waals surface area contributed by atoms with Crippen molar-refractivity contribution in [2.75, 3.05) is 0 Å². The highest BCUT2D eigenvalue weighted by Gasteiger charge is 2.06. The number of hydrogen-bond donors (Lipinski definition) is 1. The molecule has 0 radical (unpaired) electrons. The second-order valence-corrected chi connectivity index (χ2v) is 3.96. The van der Waals surface area contributed by atoms with Gasteiger partial charge in [0, 0.05) is 16.7 Å². The molecule has 0 atom stereocenters. The molecule has 0 aliphatic rings. The Kier molecular flexibility index (Phi) is 3.45. The second kappa shape index (κ2) is 5.20. The van der Waals surface area contributed by atoms with Gasteiger partial charge in [0.05, 0.1) is 0 Å². The summed E-state index contributed by atoms with van der Waals surface area (Å²) in [6, 6.07) is 15.1. The highest BCUT2D eigenvalue weighted by atomic mass is 16.1. The quantitative estimate of drug-likeness (QED) is 0.758. The predicted octanol–water partition coefficient (Wildman–Crippen LogP) is 2.49. The molecule has 0 bridgehead atoms. The second-order valence-electron chi connectivity index (χ2n) is 3.96. The van der Waals surface area contributed by atoms with E-state index in [4.69, 9.17) is 5.73 Å². The molecule has 1 amide bonds. The number of carbonyl (C=O) groups is 1. The largest absolute Gasteiger partial charge is 0.366 e. The smallest absolute Gasteiger partial charge is 0.249 e. The fourth-order valence-electron chi connectivity index (χ4n) is 1.70. The third-order valence-corrected chi connectivity index (χ3v) is 2.71. The normalized spacial score (nSPS) is 9.39. The minimum absolute atomic E-state index is 0.420. The van der Waals surface area contributed by atoms with Gasteiger partial charge < -0.3 is 5.73 Å². The number of hydrogen-bond acceptors (Lipinski definition) is 1. The lowest BCUT2D eigenvalue weighted by Crippen LogP contribution is -2.13. The maximum atomic E-state index is 11.2. The summed E-state index contributed by atoms with van der Waals surface area (Å²) >= 11 is 0. The molecule has 2 aromatic rings. The van der Waals surface area contributed by atoms with Gasteiger partial charge in [0.25, 0.3) is 0 Å². The lowest BCUT2D eigenvalue weighted by atomic mass is 10.0. The maximum Gasteiger partial charge on any atom is 0.249 e. The Hall–Kier alpha value is -2.53. The van der Waals surface area contributed by atoms with Gasteiger partial charge in [-0.05, 0) is 36.8 Å². The first-order valence-electron chi connectivity index (χ1n) is 5.65. The minimum atomic E-state index is -0.420. The molecule has 0 fully saturated rings. The molecule has 0 aliphatic heterocycles. The third kappa shape index (κ3) is 2.58. The Morgan fingerprint density at radius 1 is 1.00 bits per heavy atom. The molecule has 2 rings (SSSR count). The van der Waals surface area contributed by atoms with Crippen molar-refractivity contribution < 1.29 is 4.79 Å². The van der Waals surface area contributed by atoms with E-state index in [1.165, 1.54) is 0 Å². The van der Waals surface area contributed by atoms with Crippen LogP contribution in [0.1, 0.15) is 27.0 Å². The van der Waals surface area contributed by atoms with Gasteiger partial charge in [-0.15, -0.1) is 0 Å². The zero-order valence-corrected chi connectivity index (χ0v) is 10.1. The summed E-state index contributed by atoms with van der Waals surface area (Å²) in [4.78, 5) is 11.2. The first-order valence-corrected chi connectivity index (χ1v) is 5.65. The molecule has 2 N–H and O–H groups in total. The minimum Gasteiger partial charge on any atom is -0.366 e. The van der Waals surface area contributed by atoms with Crippen LogP contribution in [0.15, 0.2) is 48.5 Å². The van der Waals surface area contributed by atoms with Crippen LogP contribution >= 0.6 is 0 Å². The fourth-order valence-corrected chi connectivity index (χ4v) is 1.70. The summed E-state index contributed by atoms with van der Waals surface area (Å²) in [5.41, 5.74) is 8.43. The van der Waals surface area contributed by atoms with Gasteiger partial charge in [-0.2, -0.15) is 0 Å². The average molecular weight is 235 g/mol. The van der Waals surface area contributed by atoms with Crippen molar-refractivity contribution in [3.05, 3.63) is 70.8 Å². The monoisotopic (exact) mass is 235 g/mol. The standard InChI is InChI=1S/C16H13NO/c1-12-14(8-5-9-15(12)16(17)18)11-10-13-6-3-2-4-7-13/h2-9H,1H3,(H2,17,18). The van der Waals surface area contributed by atoms with Crippen molar-refractivity contribution in [3.8, 4) is 11.8 Å². The molecule has 88 valence electrons. The molecule has 0 aromatic heterocycles. The van der Waals surface area contributed by atoms with Gasteiger partial charge in [-0.25, -0.2) is 0 Å². The van der Waals surface area contributed by atoms with Crippen LogP contribution in [0.25, 0.3) is 0 Å². The fraction of sp³-hybridized carbons (Fsp3) is 0.0625. The molecule has 0 saturated carbocycles. The summed E-state index contributed by atoms with van der Waals surface area (Å²) < 4.78 is 0. The Balaban J connectivity index is 2.39. The van der Waals surface area contributed by atoms with Crippen LogP contribution in [-0.4, -0.2) is 5.91 Å². The molecular weight excluding hydrogens is 222 g/mol. The van der Waals surface area contributed by atoms with E-state index < -0.39 is 5.91 Å². The van der Waals surface area contributed by atoms with Gasteiger partial charge in [-0.3, -0.25) is 4.79 Å². The van der Waals surface area contributed by atoms with Gasteiger partial charge in [-0.1, -0.05) is 36.1 Å². The highest BCUT2D eigenvalue weighted by Crippen LogP contribution is 2.12. The van der Waals surface area contributed by atoms with E-state index in [1.807, 2.05) is 43.3 Å². The summed E-state index contributed by atoms with van der Waals surface area (Å²) in [6.07, 6.45) is 0. The van der Waals surface area contributed by atoms with Crippen LogP contribution in [0.3, 0.4) is 0 Å². The average Bonchev–Trinajstić information content (AvgIpc) is 2.38. The van der Waals surface area contributed by atoms with E-state index in [-0.39, 0.29) is 0 Å². The van der Waals surface area contributed by atoms with Crippen molar-refractivity contribution in [1.82, 2.24) is 0 Å². The van der Waals surface area contributed by atoms with Gasteiger partial charge >= 0.3 is 0 Å². The Morgan fingerprint density at radius 2 is 1.72 bits per heavy atom. The highest BCUT2D eigenvalue weighted by molar-refractivity contribution is 5.94. The Morgan fingerprint density at radius 3 is 2.39 bits per heavy atom. The van der Waals surface area contributed by atoms with Crippen molar-refractivity contribution >= 4 is 5.91 Å². The van der Waals surface area contributed by atoms with Crippen LogP contribution in [0.4, 0.5) is 0 Å². The first-order chi connectivity index (χ1) is 8.68. The first kappa shape index (κ1) is 11.9. The third-order valence-electron chi connectivity index (χ3n) is 2.71. The van der Waals surface area contributed by atoms with Crippen molar-refractivity contribution in [2.45, 2.75) is 6.92 Å². The maximum absolute atomic E-state index is 11.2. The molecule has 0 heterocycles. The van der Waals surface area contributed by atoms with E-state index in [1.54, 1.807) is 12.1 Å². The summed E-state index contributed by atoms with van der Waals surface area (Å²) in [6.45, 7) is 1.86. The van der Waals surface area contributed by atoms with E-state index in [0.29, 0.717) is 5.56 Å². The van der Waals surface area contributed by atoms with Crippen molar-refractivity contribution in [1.29, 1.82) is 0 Å². The van der Waals surface area contributed by atoms with Gasteiger partial charge in [0.1, 0.15) is 0 Å². The SMILES string of the molecule is Cc1c(C#Cc2ccccc2)cccc1C(N)=O. The van der Waals surface area contributed by atoms with Gasteiger partial charge in [0.15, 0.2) is 0 Å². The molecule has 18 heavy (non-hydrogen) atoms. The Bertz CT molecular complexity index is 633. The molecule has 2 aromatic carbocycles. The topological polar surface area (TPSA) is 43.1 Å². The molecule has 0 unspecified atom stereocenters. The van der Waals surface area contributed by atoms with Crippen molar-refractivity contribution in [3.63, 3.8) is 0 Å². The predicted molar refractivity (Wildman–Crippen MR) is 72.1 cm³/mol. The number of rotatable bonds is 1. The number of nitrogens with two attached hydrogens (primary N) is 1.